The number of amides is 3. The second-order valence-electron chi connectivity index (χ2n) is 5.56. The predicted octanol–water partition coefficient (Wildman–Crippen LogP) is 2.24. The lowest BCUT2D eigenvalue weighted by molar-refractivity contribution is 0.0953. The van der Waals surface area contributed by atoms with Gasteiger partial charge in [0.1, 0.15) is 18.2 Å². The Morgan fingerprint density at radius 2 is 1.65 bits per heavy atom. The average Bonchev–Trinajstić information content (AvgIpc) is 2.65. The van der Waals surface area contributed by atoms with Crippen LogP contribution in [-0.4, -0.2) is 38.2 Å². The van der Waals surface area contributed by atoms with E-state index in [1.54, 1.807) is 19.1 Å². The number of benzene rings is 2. The molecule has 26 heavy (non-hydrogen) atoms. The van der Waals surface area contributed by atoms with E-state index in [0.29, 0.717) is 18.7 Å². The average molecular weight is 359 g/mol. The monoisotopic (exact) mass is 359 g/mol. The first-order valence-electron chi connectivity index (χ1n) is 8.30. The van der Waals surface area contributed by atoms with Gasteiger partial charge in [-0.15, -0.1) is 0 Å². The Hall–Kier alpha value is -3.09. The molecule has 0 aromatic heterocycles. The molecule has 2 rings (SSSR count). The molecule has 6 nitrogen and oxygen atoms in total. The van der Waals surface area contributed by atoms with Gasteiger partial charge >= 0.3 is 6.03 Å². The van der Waals surface area contributed by atoms with E-state index in [0.717, 1.165) is 5.75 Å². The smallest absolute Gasteiger partial charge is 0.314 e. The molecule has 0 spiro atoms. The van der Waals surface area contributed by atoms with Crippen LogP contribution in [0.4, 0.5) is 9.18 Å². The van der Waals surface area contributed by atoms with Crippen molar-refractivity contribution in [2.45, 2.75) is 6.92 Å². The summed E-state index contributed by atoms with van der Waals surface area (Å²) in [6.45, 7) is 2.83. The summed E-state index contributed by atoms with van der Waals surface area (Å²) in [5.41, 5.74) is 0.728. The molecule has 3 amide bonds. The molecule has 0 aliphatic heterocycles. The highest BCUT2D eigenvalue weighted by atomic mass is 19.1. The van der Waals surface area contributed by atoms with Gasteiger partial charge in [-0.25, -0.2) is 9.18 Å². The van der Waals surface area contributed by atoms with Crippen LogP contribution in [0, 0.1) is 12.7 Å². The third-order valence-electron chi connectivity index (χ3n) is 3.53. The Morgan fingerprint density at radius 1 is 0.962 bits per heavy atom. The van der Waals surface area contributed by atoms with Crippen LogP contribution in [0.5, 0.6) is 5.75 Å². The minimum Gasteiger partial charge on any atom is -0.492 e. The number of rotatable bonds is 8. The molecule has 0 bridgehead atoms. The number of nitrogens with one attached hydrogen (secondary N) is 3. The molecular weight excluding hydrogens is 337 g/mol. The van der Waals surface area contributed by atoms with E-state index >= 15 is 0 Å². The van der Waals surface area contributed by atoms with Crippen LogP contribution in [0.1, 0.15) is 15.9 Å². The summed E-state index contributed by atoms with van der Waals surface area (Å²) < 4.78 is 18.9. The molecule has 0 saturated carbocycles. The summed E-state index contributed by atoms with van der Waals surface area (Å²) in [4.78, 5) is 23.5. The second-order valence-corrected chi connectivity index (χ2v) is 5.56. The van der Waals surface area contributed by atoms with Crippen molar-refractivity contribution in [3.05, 3.63) is 65.5 Å². The third kappa shape index (κ3) is 6.43. The fourth-order valence-corrected chi connectivity index (χ4v) is 2.10. The van der Waals surface area contributed by atoms with Crippen molar-refractivity contribution in [2.24, 2.45) is 0 Å². The second kappa shape index (κ2) is 10.0. The van der Waals surface area contributed by atoms with Gasteiger partial charge in [0, 0.05) is 18.7 Å². The number of aryl methyl sites for hydroxylation is 1. The highest BCUT2D eigenvalue weighted by molar-refractivity contribution is 5.94. The van der Waals surface area contributed by atoms with Gasteiger partial charge in [-0.3, -0.25) is 4.79 Å². The maximum absolute atomic E-state index is 13.4. The lowest BCUT2D eigenvalue weighted by Crippen LogP contribution is -2.41. The van der Waals surface area contributed by atoms with E-state index in [4.69, 9.17) is 4.74 Å². The molecule has 3 N–H and O–H groups in total. The molecule has 0 aliphatic rings. The minimum absolute atomic E-state index is 0.238. The maximum atomic E-state index is 13.4. The van der Waals surface area contributed by atoms with Gasteiger partial charge in [0.25, 0.3) is 5.91 Å². The molecule has 0 atom stereocenters. The Labute approximate surface area is 151 Å². The first kappa shape index (κ1) is 19.2. The summed E-state index contributed by atoms with van der Waals surface area (Å²) >= 11 is 0. The number of carbonyl (C=O) groups excluding carboxylic acids is 2. The summed E-state index contributed by atoms with van der Waals surface area (Å²) in [5, 5.41) is 7.88. The molecule has 0 fully saturated rings. The quantitative estimate of drug-likeness (QED) is 0.633. The highest BCUT2D eigenvalue weighted by Crippen LogP contribution is 2.09. The van der Waals surface area contributed by atoms with Crippen LogP contribution in [0.2, 0.25) is 0 Å². The number of halogens is 1. The standard InChI is InChI=1S/C19H22FN3O3/c1-14-7-8-15(13-17(14)20)18(24)21-9-10-22-19(25)23-11-12-26-16-5-3-2-4-6-16/h2-8,13H,9-12H2,1H3,(H,21,24)(H2,22,23,25). The first-order chi connectivity index (χ1) is 12.6. The van der Waals surface area contributed by atoms with Crippen LogP contribution in [0.15, 0.2) is 48.5 Å². The molecule has 0 unspecified atom stereocenters. The van der Waals surface area contributed by atoms with Crippen molar-refractivity contribution in [1.29, 1.82) is 0 Å². The zero-order valence-corrected chi connectivity index (χ0v) is 14.5. The molecule has 138 valence electrons. The Morgan fingerprint density at radius 3 is 2.38 bits per heavy atom. The van der Waals surface area contributed by atoms with Gasteiger partial charge in [-0.05, 0) is 36.8 Å². The van der Waals surface area contributed by atoms with Gasteiger partial charge in [-0.1, -0.05) is 24.3 Å². The van der Waals surface area contributed by atoms with E-state index in [2.05, 4.69) is 16.0 Å². The highest BCUT2D eigenvalue weighted by Gasteiger charge is 2.07. The largest absolute Gasteiger partial charge is 0.492 e. The molecule has 0 aliphatic carbocycles. The number of hydrogen-bond acceptors (Lipinski definition) is 3. The summed E-state index contributed by atoms with van der Waals surface area (Å²) in [6.07, 6.45) is 0. The van der Waals surface area contributed by atoms with Crippen LogP contribution < -0.4 is 20.7 Å². The van der Waals surface area contributed by atoms with Crippen LogP contribution in [-0.2, 0) is 0 Å². The Bertz CT molecular complexity index is 738. The van der Waals surface area contributed by atoms with Crippen molar-refractivity contribution in [3.8, 4) is 5.75 Å². The van der Waals surface area contributed by atoms with Gasteiger partial charge in [0.15, 0.2) is 0 Å². The zero-order chi connectivity index (χ0) is 18.8. The Kier molecular flexibility index (Phi) is 7.42. The molecule has 2 aromatic carbocycles. The van der Waals surface area contributed by atoms with Crippen molar-refractivity contribution < 1.29 is 18.7 Å². The van der Waals surface area contributed by atoms with Gasteiger partial charge in [-0.2, -0.15) is 0 Å². The summed E-state index contributed by atoms with van der Waals surface area (Å²) in [6, 6.07) is 13.3. The predicted molar refractivity (Wildman–Crippen MR) is 96.8 cm³/mol. The minimum atomic E-state index is -0.423. The van der Waals surface area contributed by atoms with Gasteiger partial charge < -0.3 is 20.7 Å². The SMILES string of the molecule is Cc1ccc(C(=O)NCCNC(=O)NCCOc2ccccc2)cc1F. The van der Waals surface area contributed by atoms with E-state index in [9.17, 15) is 14.0 Å². The molecule has 7 heteroatoms. The first-order valence-corrected chi connectivity index (χ1v) is 8.30. The number of para-hydroxylation sites is 1. The van der Waals surface area contributed by atoms with Crippen LogP contribution >= 0.6 is 0 Å². The lowest BCUT2D eigenvalue weighted by atomic mass is 10.1. The fraction of sp³-hybridized carbons (Fsp3) is 0.263. The number of ether oxygens (including phenoxy) is 1. The summed E-state index contributed by atoms with van der Waals surface area (Å²) in [5.74, 6) is -0.0693. The third-order valence-corrected chi connectivity index (χ3v) is 3.53. The van der Waals surface area contributed by atoms with Crippen molar-refractivity contribution in [3.63, 3.8) is 0 Å². The molecule has 0 radical (unpaired) electrons. The normalized spacial score (nSPS) is 10.1. The summed E-state index contributed by atoms with van der Waals surface area (Å²) in [7, 11) is 0. The number of carbonyl (C=O) groups is 2. The fourth-order valence-electron chi connectivity index (χ4n) is 2.10. The van der Waals surface area contributed by atoms with E-state index < -0.39 is 5.82 Å². The van der Waals surface area contributed by atoms with Crippen molar-refractivity contribution in [1.82, 2.24) is 16.0 Å². The molecule has 0 heterocycles. The van der Waals surface area contributed by atoms with Crippen molar-refractivity contribution in [2.75, 3.05) is 26.2 Å². The lowest BCUT2D eigenvalue weighted by Gasteiger charge is -2.10. The van der Waals surface area contributed by atoms with Crippen LogP contribution in [0.3, 0.4) is 0 Å². The van der Waals surface area contributed by atoms with Gasteiger partial charge in [0.05, 0.1) is 6.54 Å². The molecule has 2 aromatic rings. The molecule has 0 saturated heterocycles. The number of hydrogen-bond donors (Lipinski definition) is 3. The van der Waals surface area contributed by atoms with E-state index in [1.807, 2.05) is 30.3 Å². The van der Waals surface area contributed by atoms with Crippen molar-refractivity contribution >= 4 is 11.9 Å². The van der Waals surface area contributed by atoms with E-state index in [1.165, 1.54) is 6.07 Å². The topological polar surface area (TPSA) is 79.5 Å². The molecular formula is C19H22FN3O3. The van der Waals surface area contributed by atoms with Crippen LogP contribution in [0.25, 0.3) is 0 Å². The maximum Gasteiger partial charge on any atom is 0.314 e. The number of urea groups is 1. The zero-order valence-electron chi connectivity index (χ0n) is 14.5. The Balaban J connectivity index is 1.56. The van der Waals surface area contributed by atoms with Gasteiger partial charge in [0.2, 0.25) is 0 Å². The van der Waals surface area contributed by atoms with E-state index in [-0.39, 0.29) is 30.6 Å².